The molecule has 0 fully saturated rings. The number of para-hydroxylation sites is 2. The molecule has 0 saturated carbocycles. The number of nitro groups is 1. The average Bonchev–Trinajstić information content (AvgIpc) is 2.64. The van der Waals surface area contributed by atoms with Gasteiger partial charge in [0, 0.05) is 32.4 Å². The van der Waals surface area contributed by atoms with Crippen LogP contribution in [0.3, 0.4) is 0 Å². The summed E-state index contributed by atoms with van der Waals surface area (Å²) in [6.45, 7) is 0.275. The van der Waals surface area contributed by atoms with Gasteiger partial charge in [-0.1, -0.05) is 24.3 Å². The molecule has 26 heavy (non-hydrogen) atoms. The molecule has 1 amide bonds. The maximum atomic E-state index is 11.8. The molecule has 1 N–H and O–H groups in total. The molecule has 0 radical (unpaired) electrons. The van der Waals surface area contributed by atoms with Crippen LogP contribution in [0, 0.1) is 10.1 Å². The van der Waals surface area contributed by atoms with Crippen LogP contribution >= 0.6 is 0 Å². The van der Waals surface area contributed by atoms with Gasteiger partial charge in [-0.2, -0.15) is 0 Å². The van der Waals surface area contributed by atoms with E-state index in [2.05, 4.69) is 29.6 Å². The van der Waals surface area contributed by atoms with Crippen LogP contribution < -0.4 is 15.0 Å². The third kappa shape index (κ3) is 5.77. The molecular weight excluding hydrogens is 334 g/mol. The third-order valence-electron chi connectivity index (χ3n) is 3.84. The number of benzene rings is 2. The van der Waals surface area contributed by atoms with Crippen molar-refractivity contribution in [3.05, 3.63) is 64.2 Å². The summed E-state index contributed by atoms with van der Waals surface area (Å²) in [6.07, 6.45) is 1.66. The molecule has 0 atom stereocenters. The van der Waals surface area contributed by atoms with Crippen molar-refractivity contribution in [2.75, 3.05) is 32.1 Å². The fourth-order valence-electron chi connectivity index (χ4n) is 2.41. The highest BCUT2D eigenvalue weighted by molar-refractivity contribution is 5.77. The lowest BCUT2D eigenvalue weighted by Gasteiger charge is -2.12. The van der Waals surface area contributed by atoms with Crippen LogP contribution in [0.2, 0.25) is 0 Å². The summed E-state index contributed by atoms with van der Waals surface area (Å²) in [5.74, 6) is -0.209. The summed E-state index contributed by atoms with van der Waals surface area (Å²) >= 11 is 0. The van der Waals surface area contributed by atoms with Gasteiger partial charge in [0.15, 0.2) is 12.4 Å². The van der Waals surface area contributed by atoms with Gasteiger partial charge >= 0.3 is 5.69 Å². The van der Waals surface area contributed by atoms with Crippen molar-refractivity contribution in [2.45, 2.75) is 12.8 Å². The van der Waals surface area contributed by atoms with E-state index in [9.17, 15) is 14.9 Å². The van der Waals surface area contributed by atoms with Crippen molar-refractivity contribution in [1.82, 2.24) is 5.32 Å². The number of nitrogens with zero attached hydrogens (tertiary/aromatic N) is 2. The zero-order chi connectivity index (χ0) is 18.9. The van der Waals surface area contributed by atoms with E-state index in [4.69, 9.17) is 4.74 Å². The number of amides is 1. The Labute approximate surface area is 152 Å². The average molecular weight is 357 g/mol. The fourth-order valence-corrected chi connectivity index (χ4v) is 2.41. The number of nitro benzene ring substituents is 1. The van der Waals surface area contributed by atoms with E-state index in [1.807, 2.05) is 19.0 Å². The summed E-state index contributed by atoms with van der Waals surface area (Å²) in [4.78, 5) is 24.2. The first-order valence-electron chi connectivity index (χ1n) is 8.36. The maximum absolute atomic E-state index is 11.8. The summed E-state index contributed by atoms with van der Waals surface area (Å²) in [6, 6.07) is 14.3. The molecule has 2 aromatic carbocycles. The van der Waals surface area contributed by atoms with Gasteiger partial charge in [0.1, 0.15) is 0 Å². The Morgan fingerprint density at radius 2 is 1.85 bits per heavy atom. The topological polar surface area (TPSA) is 84.7 Å². The Morgan fingerprint density at radius 1 is 1.15 bits per heavy atom. The molecule has 0 unspecified atom stereocenters. The lowest BCUT2D eigenvalue weighted by molar-refractivity contribution is -0.385. The summed E-state index contributed by atoms with van der Waals surface area (Å²) < 4.78 is 5.25. The van der Waals surface area contributed by atoms with Gasteiger partial charge in [0.05, 0.1) is 4.92 Å². The molecule has 0 heterocycles. The molecule has 2 aromatic rings. The van der Waals surface area contributed by atoms with Gasteiger partial charge in [-0.05, 0) is 36.6 Å². The van der Waals surface area contributed by atoms with Crippen molar-refractivity contribution in [3.63, 3.8) is 0 Å². The predicted molar refractivity (Wildman–Crippen MR) is 101 cm³/mol. The molecule has 0 spiro atoms. The predicted octanol–water partition coefficient (Wildman–Crippen LogP) is 2.79. The second-order valence-electron chi connectivity index (χ2n) is 6.03. The van der Waals surface area contributed by atoms with Crippen molar-refractivity contribution >= 4 is 17.3 Å². The Bertz CT molecular complexity index is 745. The molecule has 0 aliphatic heterocycles. The van der Waals surface area contributed by atoms with Gasteiger partial charge in [-0.3, -0.25) is 14.9 Å². The van der Waals surface area contributed by atoms with Crippen molar-refractivity contribution in [3.8, 4) is 5.75 Å². The largest absolute Gasteiger partial charge is 0.477 e. The van der Waals surface area contributed by atoms with E-state index in [0.29, 0.717) is 6.54 Å². The first-order chi connectivity index (χ1) is 12.5. The van der Waals surface area contributed by atoms with Crippen LogP contribution in [-0.2, 0) is 11.2 Å². The third-order valence-corrected chi connectivity index (χ3v) is 3.84. The van der Waals surface area contributed by atoms with Gasteiger partial charge in [-0.15, -0.1) is 0 Å². The van der Waals surface area contributed by atoms with Gasteiger partial charge in [0.2, 0.25) is 0 Å². The monoisotopic (exact) mass is 357 g/mol. The van der Waals surface area contributed by atoms with E-state index in [0.717, 1.165) is 18.5 Å². The Kier molecular flexibility index (Phi) is 6.96. The van der Waals surface area contributed by atoms with Gasteiger partial charge in [0.25, 0.3) is 5.91 Å². The van der Waals surface area contributed by atoms with E-state index in [-0.39, 0.29) is 24.0 Å². The quantitative estimate of drug-likeness (QED) is 0.424. The van der Waals surface area contributed by atoms with E-state index in [1.165, 1.54) is 17.7 Å². The fraction of sp³-hybridized carbons (Fsp3) is 0.316. The first kappa shape index (κ1) is 19.2. The van der Waals surface area contributed by atoms with Gasteiger partial charge in [-0.25, -0.2) is 0 Å². The van der Waals surface area contributed by atoms with Crippen LogP contribution in [0.4, 0.5) is 11.4 Å². The molecule has 2 rings (SSSR count). The van der Waals surface area contributed by atoms with Crippen molar-refractivity contribution < 1.29 is 14.5 Å². The number of carbonyl (C=O) groups excluding carboxylic acids is 1. The zero-order valence-electron chi connectivity index (χ0n) is 15.0. The minimum absolute atomic E-state index is 0.0913. The molecular formula is C19H23N3O4. The Hall–Kier alpha value is -3.09. The molecule has 0 aliphatic carbocycles. The van der Waals surface area contributed by atoms with Gasteiger partial charge < -0.3 is 15.0 Å². The number of ether oxygens (including phenoxy) is 1. The van der Waals surface area contributed by atoms with Crippen LogP contribution in [0.1, 0.15) is 12.0 Å². The number of carbonyl (C=O) groups is 1. The second kappa shape index (κ2) is 9.41. The van der Waals surface area contributed by atoms with Crippen LogP contribution in [0.25, 0.3) is 0 Å². The van der Waals surface area contributed by atoms with Crippen LogP contribution in [0.5, 0.6) is 5.75 Å². The highest BCUT2D eigenvalue weighted by Gasteiger charge is 2.14. The zero-order valence-corrected chi connectivity index (χ0v) is 15.0. The number of hydrogen-bond donors (Lipinski definition) is 1. The molecule has 138 valence electrons. The van der Waals surface area contributed by atoms with Crippen LogP contribution in [0.15, 0.2) is 48.5 Å². The molecule has 0 bridgehead atoms. The number of rotatable bonds is 9. The molecule has 7 heteroatoms. The Morgan fingerprint density at radius 3 is 2.50 bits per heavy atom. The molecule has 0 aliphatic rings. The molecule has 0 saturated heterocycles. The summed E-state index contributed by atoms with van der Waals surface area (Å²) in [5.41, 5.74) is 2.21. The highest BCUT2D eigenvalue weighted by Crippen LogP contribution is 2.25. The smallest absolute Gasteiger partial charge is 0.310 e. The van der Waals surface area contributed by atoms with E-state index in [1.54, 1.807) is 12.1 Å². The normalized spacial score (nSPS) is 10.2. The SMILES string of the molecule is CN(C)c1ccc(CCCNC(=O)COc2ccccc2[N+](=O)[O-])cc1. The first-order valence-corrected chi connectivity index (χ1v) is 8.36. The minimum atomic E-state index is -0.533. The van der Waals surface area contributed by atoms with Crippen molar-refractivity contribution in [1.29, 1.82) is 0 Å². The standard InChI is InChI=1S/C19H23N3O4/c1-21(2)16-11-9-15(10-12-16)6-5-13-20-19(23)14-26-18-8-4-3-7-17(18)22(24)25/h3-4,7-12H,5-6,13-14H2,1-2H3,(H,20,23). The molecule has 0 aromatic heterocycles. The second-order valence-corrected chi connectivity index (χ2v) is 6.03. The minimum Gasteiger partial charge on any atom is -0.477 e. The van der Waals surface area contributed by atoms with E-state index >= 15 is 0 Å². The lowest BCUT2D eigenvalue weighted by Crippen LogP contribution is -2.30. The lowest BCUT2D eigenvalue weighted by atomic mass is 10.1. The number of aryl methyl sites for hydroxylation is 1. The number of anilines is 1. The maximum Gasteiger partial charge on any atom is 0.310 e. The Balaban J connectivity index is 1.70. The number of nitrogens with one attached hydrogen (secondary N) is 1. The summed E-state index contributed by atoms with van der Waals surface area (Å²) in [5, 5.41) is 13.7. The van der Waals surface area contributed by atoms with Crippen molar-refractivity contribution in [2.24, 2.45) is 0 Å². The molecule has 7 nitrogen and oxygen atoms in total. The van der Waals surface area contributed by atoms with E-state index < -0.39 is 4.92 Å². The van der Waals surface area contributed by atoms with Crippen LogP contribution in [-0.4, -0.2) is 38.1 Å². The highest BCUT2D eigenvalue weighted by atomic mass is 16.6. The number of hydrogen-bond acceptors (Lipinski definition) is 5. The summed E-state index contributed by atoms with van der Waals surface area (Å²) in [7, 11) is 3.99.